The van der Waals surface area contributed by atoms with Gasteiger partial charge in [0.1, 0.15) is 11.9 Å². The zero-order valence-electron chi connectivity index (χ0n) is 16.3. The molecule has 1 saturated heterocycles. The van der Waals surface area contributed by atoms with Crippen LogP contribution in [0.2, 0.25) is 0 Å². The maximum Gasteiger partial charge on any atom is 0.251 e. The van der Waals surface area contributed by atoms with Gasteiger partial charge in [0.2, 0.25) is 0 Å². The van der Waals surface area contributed by atoms with E-state index >= 15 is 0 Å². The van der Waals surface area contributed by atoms with Gasteiger partial charge in [-0.2, -0.15) is 0 Å². The molecule has 2 heterocycles. The van der Waals surface area contributed by atoms with E-state index in [1.807, 2.05) is 12.1 Å². The van der Waals surface area contributed by atoms with E-state index in [4.69, 9.17) is 9.26 Å². The molecule has 30 heavy (non-hydrogen) atoms. The number of ether oxygens (including phenoxy) is 1. The first kappa shape index (κ1) is 20.3. The summed E-state index contributed by atoms with van der Waals surface area (Å²) in [5.74, 6) is 0.0551. The molecule has 3 atom stereocenters. The van der Waals surface area contributed by atoms with Gasteiger partial charge in [0.15, 0.2) is 5.76 Å². The molecule has 2 N–H and O–H groups in total. The number of aliphatic hydroxyl groups is 1. The van der Waals surface area contributed by atoms with Gasteiger partial charge in [-0.1, -0.05) is 23.4 Å². The molecular formula is C23H23FN2O4. The number of rotatable bonds is 6. The van der Waals surface area contributed by atoms with Gasteiger partial charge in [-0.25, -0.2) is 4.39 Å². The average Bonchev–Trinajstić information content (AvgIpc) is 3.23. The summed E-state index contributed by atoms with van der Waals surface area (Å²) in [5.41, 5.74) is 2.04. The highest BCUT2D eigenvalue weighted by Gasteiger charge is 2.31. The van der Waals surface area contributed by atoms with Crippen molar-refractivity contribution in [1.82, 2.24) is 10.5 Å². The minimum Gasteiger partial charge on any atom is -0.390 e. The second-order valence-electron chi connectivity index (χ2n) is 7.41. The summed E-state index contributed by atoms with van der Waals surface area (Å²) in [4.78, 5) is 12.2. The van der Waals surface area contributed by atoms with E-state index in [0.29, 0.717) is 30.6 Å². The molecule has 7 heteroatoms. The Bertz CT molecular complexity index is 974. The fraction of sp³-hybridized carbons (Fsp3) is 0.304. The molecule has 1 fully saturated rings. The quantitative estimate of drug-likeness (QED) is 0.651. The molecule has 0 saturated carbocycles. The Morgan fingerprint density at radius 3 is 2.67 bits per heavy atom. The molecule has 2 aromatic carbocycles. The molecule has 156 valence electrons. The molecule has 0 bridgehead atoms. The summed E-state index contributed by atoms with van der Waals surface area (Å²) in [7, 11) is 0. The van der Waals surface area contributed by atoms with Crippen LogP contribution in [-0.2, 0) is 11.2 Å². The summed E-state index contributed by atoms with van der Waals surface area (Å²) >= 11 is 0. The van der Waals surface area contributed by atoms with Gasteiger partial charge in [-0.15, -0.1) is 0 Å². The van der Waals surface area contributed by atoms with E-state index in [2.05, 4.69) is 10.5 Å². The predicted octanol–water partition coefficient (Wildman–Crippen LogP) is 3.36. The zero-order chi connectivity index (χ0) is 20.9. The molecule has 3 aromatic rings. The number of nitrogens with one attached hydrogen (secondary N) is 1. The number of benzene rings is 2. The lowest BCUT2D eigenvalue weighted by Gasteiger charge is -2.33. The molecular weight excluding hydrogens is 387 g/mol. The number of hydrogen-bond acceptors (Lipinski definition) is 5. The standard InChI is InChI=1S/C23H23FN2O4/c24-17-8-6-15(7-9-17)21-13-18(26-30-21)12-19-10-11-20(27)22(29-19)14-25-23(28)16-4-2-1-3-5-16/h1-9,13,19-20,22,27H,10-12,14H2,(H,25,28)/t19-,20-,22+/m0/s1. The van der Waals surface area contributed by atoms with E-state index in [1.165, 1.54) is 12.1 Å². The lowest BCUT2D eigenvalue weighted by Crippen LogP contribution is -2.46. The highest BCUT2D eigenvalue weighted by atomic mass is 19.1. The van der Waals surface area contributed by atoms with Crippen LogP contribution in [0.25, 0.3) is 11.3 Å². The summed E-state index contributed by atoms with van der Waals surface area (Å²) < 4.78 is 24.5. The van der Waals surface area contributed by atoms with Crippen LogP contribution >= 0.6 is 0 Å². The Morgan fingerprint density at radius 2 is 1.90 bits per heavy atom. The van der Waals surface area contributed by atoms with Gasteiger partial charge >= 0.3 is 0 Å². The largest absolute Gasteiger partial charge is 0.390 e. The summed E-state index contributed by atoms with van der Waals surface area (Å²) in [6.45, 7) is 0.227. The van der Waals surface area contributed by atoms with Crippen molar-refractivity contribution in [1.29, 1.82) is 0 Å². The van der Waals surface area contributed by atoms with Gasteiger partial charge < -0.3 is 19.7 Å². The van der Waals surface area contributed by atoms with Gasteiger partial charge in [-0.3, -0.25) is 4.79 Å². The van der Waals surface area contributed by atoms with E-state index in [1.54, 1.807) is 36.4 Å². The third-order valence-electron chi connectivity index (χ3n) is 5.21. The minimum atomic E-state index is -0.635. The summed E-state index contributed by atoms with van der Waals surface area (Å²) in [5, 5.41) is 17.2. The number of halogens is 1. The molecule has 0 aliphatic carbocycles. The third kappa shape index (κ3) is 4.93. The number of nitrogens with zero attached hydrogens (tertiary/aromatic N) is 1. The number of carbonyl (C=O) groups excluding carboxylic acids is 1. The Hall–Kier alpha value is -3.03. The number of aromatic nitrogens is 1. The van der Waals surface area contributed by atoms with Crippen molar-refractivity contribution < 1.29 is 23.6 Å². The van der Waals surface area contributed by atoms with Crippen molar-refractivity contribution in [3.05, 3.63) is 77.7 Å². The smallest absolute Gasteiger partial charge is 0.251 e. The van der Waals surface area contributed by atoms with E-state index < -0.39 is 12.2 Å². The lowest BCUT2D eigenvalue weighted by molar-refractivity contribution is -0.114. The Morgan fingerprint density at radius 1 is 1.13 bits per heavy atom. The summed E-state index contributed by atoms with van der Waals surface area (Å²) in [6.07, 6.45) is 0.533. The van der Waals surface area contributed by atoms with Crippen LogP contribution in [-0.4, -0.2) is 41.0 Å². The first-order chi connectivity index (χ1) is 14.6. The molecule has 0 unspecified atom stereocenters. The monoisotopic (exact) mass is 410 g/mol. The van der Waals surface area contributed by atoms with Crippen molar-refractivity contribution >= 4 is 5.91 Å². The van der Waals surface area contributed by atoms with Crippen LogP contribution in [0.3, 0.4) is 0 Å². The SMILES string of the molecule is O=C(NC[C@H]1O[C@H](Cc2cc(-c3ccc(F)cc3)on2)CC[C@@H]1O)c1ccccc1. The fourth-order valence-corrected chi connectivity index (χ4v) is 3.56. The van der Waals surface area contributed by atoms with Crippen molar-refractivity contribution in [2.24, 2.45) is 0 Å². The molecule has 4 rings (SSSR count). The molecule has 0 radical (unpaired) electrons. The number of carbonyl (C=O) groups is 1. The van der Waals surface area contributed by atoms with Gasteiger partial charge in [0.05, 0.1) is 17.9 Å². The van der Waals surface area contributed by atoms with Crippen LogP contribution in [0.1, 0.15) is 28.9 Å². The van der Waals surface area contributed by atoms with Crippen molar-refractivity contribution in [2.75, 3.05) is 6.54 Å². The van der Waals surface area contributed by atoms with Crippen molar-refractivity contribution in [3.63, 3.8) is 0 Å². The molecule has 1 aliphatic rings. The van der Waals surface area contributed by atoms with E-state index in [-0.39, 0.29) is 24.4 Å². The first-order valence-electron chi connectivity index (χ1n) is 9.97. The fourth-order valence-electron chi connectivity index (χ4n) is 3.56. The normalized spacial score (nSPS) is 21.3. The summed E-state index contributed by atoms with van der Waals surface area (Å²) in [6, 6.07) is 16.8. The van der Waals surface area contributed by atoms with Crippen LogP contribution in [0, 0.1) is 5.82 Å². The number of aliphatic hydroxyl groups excluding tert-OH is 1. The highest BCUT2D eigenvalue weighted by Crippen LogP contribution is 2.25. The molecule has 1 aliphatic heterocycles. The third-order valence-corrected chi connectivity index (χ3v) is 5.21. The molecule has 6 nitrogen and oxygen atoms in total. The second-order valence-corrected chi connectivity index (χ2v) is 7.41. The Kier molecular flexibility index (Phi) is 6.21. The van der Waals surface area contributed by atoms with E-state index in [9.17, 15) is 14.3 Å². The number of hydrogen-bond donors (Lipinski definition) is 2. The Balaban J connectivity index is 1.33. The highest BCUT2D eigenvalue weighted by molar-refractivity contribution is 5.94. The Labute approximate surface area is 173 Å². The number of amides is 1. The van der Waals surface area contributed by atoms with Crippen molar-refractivity contribution in [3.8, 4) is 11.3 Å². The molecule has 0 spiro atoms. The second kappa shape index (κ2) is 9.19. The van der Waals surface area contributed by atoms with Crippen LogP contribution in [0.4, 0.5) is 4.39 Å². The van der Waals surface area contributed by atoms with Crippen molar-refractivity contribution in [2.45, 2.75) is 37.6 Å². The van der Waals surface area contributed by atoms with Gasteiger partial charge in [0.25, 0.3) is 5.91 Å². The predicted molar refractivity (Wildman–Crippen MR) is 108 cm³/mol. The average molecular weight is 410 g/mol. The minimum absolute atomic E-state index is 0.141. The van der Waals surface area contributed by atoms with E-state index in [0.717, 1.165) is 11.3 Å². The van der Waals surface area contributed by atoms with Crippen LogP contribution in [0.5, 0.6) is 0 Å². The topological polar surface area (TPSA) is 84.6 Å². The van der Waals surface area contributed by atoms with Crippen LogP contribution in [0.15, 0.2) is 65.2 Å². The molecule has 1 amide bonds. The lowest BCUT2D eigenvalue weighted by atomic mass is 9.98. The zero-order valence-corrected chi connectivity index (χ0v) is 16.3. The van der Waals surface area contributed by atoms with Gasteiger partial charge in [0, 0.05) is 30.2 Å². The maximum atomic E-state index is 13.1. The van der Waals surface area contributed by atoms with Crippen LogP contribution < -0.4 is 5.32 Å². The van der Waals surface area contributed by atoms with Gasteiger partial charge in [-0.05, 0) is 49.2 Å². The molecule has 1 aromatic heterocycles. The first-order valence-corrected chi connectivity index (χ1v) is 9.97. The maximum absolute atomic E-state index is 13.1.